The molecule has 1 heterocycles. The van der Waals surface area contributed by atoms with Crippen molar-refractivity contribution >= 4 is 28.4 Å². The van der Waals surface area contributed by atoms with Crippen LogP contribution >= 0.6 is 11.6 Å². The van der Waals surface area contributed by atoms with E-state index in [0.29, 0.717) is 30.0 Å². The smallest absolute Gasteiger partial charge is 0.271 e. The van der Waals surface area contributed by atoms with E-state index in [4.69, 9.17) is 16.3 Å². The minimum absolute atomic E-state index is 0.0996. The van der Waals surface area contributed by atoms with Crippen LogP contribution in [0.15, 0.2) is 60.3 Å². The molecule has 0 saturated carbocycles. The average Bonchev–Trinajstić information content (AvgIpc) is 2.77. The number of nitrogens with one attached hydrogen (secondary N) is 1. The fourth-order valence-electron chi connectivity index (χ4n) is 3.11. The minimum Gasteiger partial charge on any atom is -0.497 e. The summed E-state index contributed by atoms with van der Waals surface area (Å²) in [5.74, 6) is 0.0582. The Morgan fingerprint density at radius 3 is 2.18 bits per heavy atom. The van der Waals surface area contributed by atoms with Gasteiger partial charge in [0.15, 0.2) is 0 Å². The van der Waals surface area contributed by atoms with Crippen molar-refractivity contribution in [3.8, 4) is 5.75 Å². The molecule has 0 aliphatic carbocycles. The van der Waals surface area contributed by atoms with Crippen molar-refractivity contribution in [2.45, 2.75) is 19.3 Å². The molecule has 1 aliphatic rings. The molecule has 0 bridgehead atoms. The van der Waals surface area contributed by atoms with Crippen LogP contribution in [-0.2, 0) is 4.79 Å². The van der Waals surface area contributed by atoms with E-state index in [1.54, 1.807) is 60.5 Å². The summed E-state index contributed by atoms with van der Waals surface area (Å²) in [4.78, 5) is 27.6. The monoisotopic (exact) mass is 398 g/mol. The third kappa shape index (κ3) is 4.73. The van der Waals surface area contributed by atoms with Crippen LogP contribution < -0.4 is 10.1 Å². The molecule has 6 heteroatoms. The maximum Gasteiger partial charge on any atom is 0.271 e. The fourth-order valence-corrected chi connectivity index (χ4v) is 3.37. The first kappa shape index (κ1) is 20.0. The van der Waals surface area contributed by atoms with Crippen LogP contribution in [0.3, 0.4) is 0 Å². The summed E-state index contributed by atoms with van der Waals surface area (Å²) < 4.78 is 5.17. The van der Waals surface area contributed by atoms with E-state index in [1.807, 2.05) is 6.07 Å². The normalized spacial score (nSPS) is 14.9. The Hall–Kier alpha value is -2.79. The number of methoxy groups -OCH3 is 1. The van der Waals surface area contributed by atoms with E-state index in [9.17, 15) is 9.59 Å². The molecule has 146 valence electrons. The molecular formula is C22H23ClN2O3. The lowest BCUT2D eigenvalue weighted by atomic mass is 10.1. The Morgan fingerprint density at radius 1 is 0.929 bits per heavy atom. The number of likely N-dealkylation sites (tertiary alicyclic amines) is 1. The number of rotatable bonds is 5. The first-order chi connectivity index (χ1) is 13.6. The molecular weight excluding hydrogens is 376 g/mol. The van der Waals surface area contributed by atoms with E-state index in [2.05, 4.69) is 5.32 Å². The zero-order valence-electron chi connectivity index (χ0n) is 15.8. The van der Waals surface area contributed by atoms with Gasteiger partial charge in [0.05, 0.1) is 12.1 Å². The number of carbonyl (C=O) groups excluding carboxylic acids is 2. The highest BCUT2D eigenvalue weighted by Crippen LogP contribution is 2.26. The van der Waals surface area contributed by atoms with Crippen LogP contribution in [-0.4, -0.2) is 36.9 Å². The number of hydrogen-bond acceptors (Lipinski definition) is 3. The van der Waals surface area contributed by atoms with E-state index in [0.717, 1.165) is 19.3 Å². The van der Waals surface area contributed by atoms with Gasteiger partial charge in [0.25, 0.3) is 11.8 Å². The largest absolute Gasteiger partial charge is 0.497 e. The second kappa shape index (κ2) is 9.42. The zero-order chi connectivity index (χ0) is 19.9. The number of halogens is 1. The summed E-state index contributed by atoms with van der Waals surface area (Å²) in [6.07, 6.45) is 3.00. The van der Waals surface area contributed by atoms with Gasteiger partial charge in [-0.1, -0.05) is 29.8 Å². The van der Waals surface area contributed by atoms with Crippen molar-refractivity contribution in [2.75, 3.05) is 20.2 Å². The minimum atomic E-state index is -0.368. The molecule has 0 unspecified atom stereocenters. The summed E-state index contributed by atoms with van der Waals surface area (Å²) in [6.45, 7) is 1.33. The Bertz CT molecular complexity index is 857. The van der Waals surface area contributed by atoms with Gasteiger partial charge in [-0.25, -0.2) is 0 Å². The number of nitrogens with zero attached hydrogens (tertiary/aromatic N) is 1. The van der Waals surface area contributed by atoms with Gasteiger partial charge in [0, 0.05) is 18.7 Å². The molecule has 0 spiro atoms. The molecule has 28 heavy (non-hydrogen) atoms. The van der Waals surface area contributed by atoms with Gasteiger partial charge in [-0.3, -0.25) is 9.59 Å². The van der Waals surface area contributed by atoms with Gasteiger partial charge < -0.3 is 15.0 Å². The zero-order valence-corrected chi connectivity index (χ0v) is 16.5. The molecule has 2 amide bonds. The molecule has 1 fully saturated rings. The van der Waals surface area contributed by atoms with Crippen LogP contribution in [0.1, 0.15) is 35.2 Å². The standard InChI is InChI=1S/C22H23ClN2O3/c1-28-18-12-10-16(11-13-18)19(23)20(22(27)25-14-6-3-7-15-25)24-21(26)17-8-4-2-5-9-17/h2,4-5,8-13H,3,6-7,14-15H2,1H3,(H,24,26). The highest BCUT2D eigenvalue weighted by molar-refractivity contribution is 6.51. The third-order valence-corrected chi connectivity index (χ3v) is 5.10. The topological polar surface area (TPSA) is 58.6 Å². The number of carbonyl (C=O) groups is 2. The van der Waals surface area contributed by atoms with Crippen molar-refractivity contribution in [3.63, 3.8) is 0 Å². The van der Waals surface area contributed by atoms with Crippen LogP contribution in [0.25, 0.3) is 5.03 Å². The quantitative estimate of drug-likeness (QED) is 0.773. The predicted octanol–water partition coefficient (Wildman–Crippen LogP) is 4.05. The van der Waals surface area contributed by atoms with Crippen LogP contribution in [0.4, 0.5) is 0 Å². The number of ether oxygens (including phenoxy) is 1. The summed E-state index contributed by atoms with van der Waals surface area (Å²) in [6, 6.07) is 15.8. The lowest BCUT2D eigenvalue weighted by molar-refractivity contribution is -0.128. The Morgan fingerprint density at radius 2 is 1.57 bits per heavy atom. The van der Waals surface area contributed by atoms with E-state index >= 15 is 0 Å². The molecule has 1 N–H and O–H groups in total. The summed E-state index contributed by atoms with van der Waals surface area (Å²) in [5.41, 5.74) is 1.20. The molecule has 0 aromatic heterocycles. The van der Waals surface area contributed by atoms with Crippen molar-refractivity contribution in [3.05, 3.63) is 71.4 Å². The van der Waals surface area contributed by atoms with Crippen LogP contribution in [0, 0.1) is 0 Å². The van der Waals surface area contributed by atoms with Gasteiger partial charge >= 0.3 is 0 Å². The highest BCUT2D eigenvalue weighted by Gasteiger charge is 2.25. The third-order valence-electron chi connectivity index (χ3n) is 4.69. The van der Waals surface area contributed by atoms with E-state index < -0.39 is 0 Å². The van der Waals surface area contributed by atoms with E-state index in [1.165, 1.54) is 0 Å². The second-order valence-corrected chi connectivity index (χ2v) is 6.97. The summed E-state index contributed by atoms with van der Waals surface area (Å²) in [5, 5.41) is 2.95. The summed E-state index contributed by atoms with van der Waals surface area (Å²) in [7, 11) is 1.58. The predicted molar refractivity (Wildman–Crippen MR) is 110 cm³/mol. The number of benzene rings is 2. The Kier molecular flexibility index (Phi) is 6.71. The van der Waals surface area contributed by atoms with Crippen LogP contribution in [0.2, 0.25) is 0 Å². The molecule has 1 aliphatic heterocycles. The van der Waals surface area contributed by atoms with Gasteiger partial charge in [-0.2, -0.15) is 0 Å². The SMILES string of the molecule is COc1ccc(C(Cl)=C(NC(=O)c2ccccc2)C(=O)N2CCCCC2)cc1. The summed E-state index contributed by atoms with van der Waals surface area (Å²) >= 11 is 6.59. The number of hydrogen-bond donors (Lipinski definition) is 1. The van der Waals surface area contributed by atoms with Crippen LogP contribution in [0.5, 0.6) is 5.75 Å². The molecule has 0 atom stereocenters. The maximum absolute atomic E-state index is 13.1. The molecule has 5 nitrogen and oxygen atoms in total. The molecule has 3 rings (SSSR count). The number of amides is 2. The molecule has 0 radical (unpaired) electrons. The molecule has 1 saturated heterocycles. The van der Waals surface area contributed by atoms with Crippen molar-refractivity contribution in [1.82, 2.24) is 10.2 Å². The Labute approximate surface area is 169 Å². The molecule has 2 aromatic carbocycles. The van der Waals surface area contributed by atoms with E-state index in [-0.39, 0.29) is 22.5 Å². The van der Waals surface area contributed by atoms with Gasteiger partial charge in [-0.15, -0.1) is 0 Å². The Balaban J connectivity index is 1.94. The maximum atomic E-state index is 13.1. The van der Waals surface area contributed by atoms with Crippen molar-refractivity contribution < 1.29 is 14.3 Å². The second-order valence-electron chi connectivity index (χ2n) is 6.59. The van der Waals surface area contributed by atoms with Crippen molar-refractivity contribution in [2.24, 2.45) is 0 Å². The first-order valence-corrected chi connectivity index (χ1v) is 9.68. The lowest BCUT2D eigenvalue weighted by Crippen LogP contribution is -2.41. The number of piperidine rings is 1. The first-order valence-electron chi connectivity index (χ1n) is 9.30. The van der Waals surface area contributed by atoms with Gasteiger partial charge in [-0.05, 0) is 61.2 Å². The average molecular weight is 399 g/mol. The highest BCUT2D eigenvalue weighted by atomic mass is 35.5. The van der Waals surface area contributed by atoms with Gasteiger partial charge in [0.1, 0.15) is 11.4 Å². The van der Waals surface area contributed by atoms with Gasteiger partial charge in [0.2, 0.25) is 0 Å². The fraction of sp³-hybridized carbons (Fsp3) is 0.273. The lowest BCUT2D eigenvalue weighted by Gasteiger charge is -2.28. The molecule has 2 aromatic rings. The van der Waals surface area contributed by atoms with Crippen molar-refractivity contribution in [1.29, 1.82) is 0 Å².